The summed E-state index contributed by atoms with van der Waals surface area (Å²) in [4.78, 5) is 13.7. The van der Waals surface area contributed by atoms with Crippen molar-refractivity contribution in [2.24, 2.45) is 0 Å². The number of hydrogen-bond acceptors (Lipinski definition) is 2. The standard InChI is InChI=1S/C16H25FN2O/c1-4-15(13-7-9-14(17)10-8-13)18-12-11-16(20)19(5-2)6-3/h7-10,15,18H,4-6,11-12H2,1-3H3. The number of carbonyl (C=O) groups is 1. The topological polar surface area (TPSA) is 32.3 Å². The monoisotopic (exact) mass is 280 g/mol. The van der Waals surface area contributed by atoms with Gasteiger partial charge in [-0.25, -0.2) is 4.39 Å². The Morgan fingerprint density at radius 1 is 1.20 bits per heavy atom. The van der Waals surface area contributed by atoms with E-state index in [0.29, 0.717) is 13.0 Å². The first-order valence-corrected chi connectivity index (χ1v) is 7.38. The zero-order valence-corrected chi connectivity index (χ0v) is 12.7. The molecule has 1 rings (SSSR count). The van der Waals surface area contributed by atoms with Crippen LogP contribution in [-0.4, -0.2) is 30.4 Å². The molecule has 1 aromatic rings. The molecule has 3 nitrogen and oxygen atoms in total. The minimum absolute atomic E-state index is 0.167. The average Bonchev–Trinajstić information content (AvgIpc) is 2.46. The average molecular weight is 280 g/mol. The van der Waals surface area contributed by atoms with Gasteiger partial charge in [0.25, 0.3) is 0 Å². The Kier molecular flexibility index (Phi) is 7.23. The second-order valence-corrected chi connectivity index (χ2v) is 4.78. The van der Waals surface area contributed by atoms with Crippen molar-refractivity contribution in [3.8, 4) is 0 Å². The summed E-state index contributed by atoms with van der Waals surface area (Å²) in [6, 6.07) is 6.70. The highest BCUT2D eigenvalue weighted by Crippen LogP contribution is 2.16. The van der Waals surface area contributed by atoms with Gasteiger partial charge in [0.1, 0.15) is 5.82 Å². The molecule has 0 aliphatic rings. The van der Waals surface area contributed by atoms with Gasteiger partial charge in [0.05, 0.1) is 0 Å². The molecule has 1 N–H and O–H groups in total. The molecule has 0 aliphatic carbocycles. The van der Waals surface area contributed by atoms with E-state index in [4.69, 9.17) is 0 Å². The lowest BCUT2D eigenvalue weighted by atomic mass is 10.0. The van der Waals surface area contributed by atoms with Crippen LogP contribution in [0.4, 0.5) is 4.39 Å². The van der Waals surface area contributed by atoms with Crippen LogP contribution in [0, 0.1) is 5.82 Å². The smallest absolute Gasteiger partial charge is 0.223 e. The fraction of sp³-hybridized carbons (Fsp3) is 0.562. The fourth-order valence-electron chi connectivity index (χ4n) is 2.28. The molecule has 1 unspecified atom stereocenters. The lowest BCUT2D eigenvalue weighted by Crippen LogP contribution is -2.33. The molecule has 0 aromatic heterocycles. The van der Waals surface area contributed by atoms with Crippen molar-refractivity contribution in [2.45, 2.75) is 39.7 Å². The highest BCUT2D eigenvalue weighted by atomic mass is 19.1. The van der Waals surface area contributed by atoms with Gasteiger partial charge in [-0.3, -0.25) is 4.79 Å². The number of rotatable bonds is 8. The lowest BCUT2D eigenvalue weighted by molar-refractivity contribution is -0.130. The summed E-state index contributed by atoms with van der Waals surface area (Å²) in [5.41, 5.74) is 1.06. The van der Waals surface area contributed by atoms with Crippen LogP contribution in [0.1, 0.15) is 45.2 Å². The van der Waals surface area contributed by atoms with Crippen LogP contribution in [0.3, 0.4) is 0 Å². The van der Waals surface area contributed by atoms with E-state index in [-0.39, 0.29) is 17.8 Å². The molecule has 4 heteroatoms. The number of nitrogens with one attached hydrogen (secondary N) is 1. The number of carbonyl (C=O) groups excluding carboxylic acids is 1. The van der Waals surface area contributed by atoms with Crippen molar-refractivity contribution in [1.82, 2.24) is 10.2 Å². The van der Waals surface area contributed by atoms with E-state index in [1.54, 1.807) is 12.1 Å². The third-order valence-corrected chi connectivity index (χ3v) is 3.53. The summed E-state index contributed by atoms with van der Waals surface area (Å²) in [6.07, 6.45) is 1.41. The van der Waals surface area contributed by atoms with Crippen molar-refractivity contribution >= 4 is 5.91 Å². The molecule has 0 bridgehead atoms. The molecule has 112 valence electrons. The zero-order valence-electron chi connectivity index (χ0n) is 12.7. The number of amides is 1. The van der Waals surface area contributed by atoms with Crippen LogP contribution < -0.4 is 5.32 Å². The summed E-state index contributed by atoms with van der Waals surface area (Å²) in [6.45, 7) is 8.21. The lowest BCUT2D eigenvalue weighted by Gasteiger charge is -2.21. The predicted octanol–water partition coefficient (Wildman–Crippen LogP) is 3.12. The number of hydrogen-bond donors (Lipinski definition) is 1. The van der Waals surface area contributed by atoms with Gasteiger partial charge in [-0.05, 0) is 38.0 Å². The van der Waals surface area contributed by atoms with E-state index in [0.717, 1.165) is 25.1 Å². The maximum absolute atomic E-state index is 12.9. The Labute approximate surface area is 121 Å². The van der Waals surface area contributed by atoms with E-state index < -0.39 is 0 Å². The van der Waals surface area contributed by atoms with Crippen molar-refractivity contribution in [1.29, 1.82) is 0 Å². The summed E-state index contributed by atoms with van der Waals surface area (Å²) in [5.74, 6) is -0.0447. The van der Waals surface area contributed by atoms with Crippen molar-refractivity contribution in [3.05, 3.63) is 35.6 Å². The fourth-order valence-corrected chi connectivity index (χ4v) is 2.28. The molecule has 0 heterocycles. The molecular weight excluding hydrogens is 255 g/mol. The second-order valence-electron chi connectivity index (χ2n) is 4.78. The van der Waals surface area contributed by atoms with Crippen LogP contribution in [0.15, 0.2) is 24.3 Å². The zero-order chi connectivity index (χ0) is 15.0. The van der Waals surface area contributed by atoms with Crippen molar-refractivity contribution in [3.63, 3.8) is 0 Å². The van der Waals surface area contributed by atoms with Gasteiger partial charge in [0.15, 0.2) is 0 Å². The molecule has 1 atom stereocenters. The molecule has 1 amide bonds. The normalized spacial score (nSPS) is 12.2. The van der Waals surface area contributed by atoms with Crippen LogP contribution in [0.25, 0.3) is 0 Å². The number of benzene rings is 1. The first-order valence-electron chi connectivity index (χ1n) is 7.38. The second kappa shape index (κ2) is 8.69. The Morgan fingerprint density at radius 3 is 2.30 bits per heavy atom. The van der Waals surface area contributed by atoms with Gasteiger partial charge in [-0.1, -0.05) is 19.1 Å². The summed E-state index contributed by atoms with van der Waals surface area (Å²) in [5, 5.41) is 3.37. The quantitative estimate of drug-likeness (QED) is 0.793. The maximum atomic E-state index is 12.9. The number of nitrogens with zero attached hydrogens (tertiary/aromatic N) is 1. The van der Waals surface area contributed by atoms with Gasteiger partial charge in [-0.2, -0.15) is 0 Å². The van der Waals surface area contributed by atoms with Crippen LogP contribution in [-0.2, 0) is 4.79 Å². The van der Waals surface area contributed by atoms with Gasteiger partial charge in [0, 0.05) is 32.1 Å². The number of halogens is 1. The summed E-state index contributed by atoms with van der Waals surface area (Å²) < 4.78 is 12.9. The summed E-state index contributed by atoms with van der Waals surface area (Å²) in [7, 11) is 0. The summed E-state index contributed by atoms with van der Waals surface area (Å²) >= 11 is 0. The highest BCUT2D eigenvalue weighted by Gasteiger charge is 2.12. The Bertz CT molecular complexity index is 401. The van der Waals surface area contributed by atoms with E-state index in [2.05, 4.69) is 12.2 Å². The molecule has 0 fully saturated rings. The molecule has 0 radical (unpaired) electrons. The van der Waals surface area contributed by atoms with E-state index in [9.17, 15) is 9.18 Å². The SMILES string of the molecule is CCC(NCCC(=O)N(CC)CC)c1ccc(F)cc1. The predicted molar refractivity (Wildman–Crippen MR) is 80.0 cm³/mol. The van der Waals surface area contributed by atoms with Crippen LogP contribution in [0.5, 0.6) is 0 Å². The minimum Gasteiger partial charge on any atom is -0.343 e. The van der Waals surface area contributed by atoms with E-state index in [1.807, 2.05) is 18.7 Å². The molecule has 0 aliphatic heterocycles. The third-order valence-electron chi connectivity index (χ3n) is 3.53. The maximum Gasteiger partial charge on any atom is 0.223 e. The largest absolute Gasteiger partial charge is 0.343 e. The minimum atomic E-state index is -0.222. The van der Waals surface area contributed by atoms with Gasteiger partial charge >= 0.3 is 0 Å². The van der Waals surface area contributed by atoms with E-state index >= 15 is 0 Å². The Hall–Kier alpha value is -1.42. The van der Waals surface area contributed by atoms with Gasteiger partial charge < -0.3 is 10.2 Å². The van der Waals surface area contributed by atoms with Gasteiger partial charge in [-0.15, -0.1) is 0 Å². The van der Waals surface area contributed by atoms with Crippen LogP contribution >= 0.6 is 0 Å². The molecule has 20 heavy (non-hydrogen) atoms. The molecule has 0 spiro atoms. The first kappa shape index (κ1) is 16.6. The van der Waals surface area contributed by atoms with E-state index in [1.165, 1.54) is 12.1 Å². The molecule has 0 saturated carbocycles. The Balaban J connectivity index is 2.46. The van der Waals surface area contributed by atoms with Crippen LogP contribution in [0.2, 0.25) is 0 Å². The Morgan fingerprint density at radius 2 is 1.80 bits per heavy atom. The molecular formula is C16H25FN2O. The van der Waals surface area contributed by atoms with Crippen molar-refractivity contribution in [2.75, 3.05) is 19.6 Å². The molecule has 1 aromatic carbocycles. The first-order chi connectivity index (χ1) is 9.62. The third kappa shape index (κ3) is 4.93. The van der Waals surface area contributed by atoms with Crippen molar-refractivity contribution < 1.29 is 9.18 Å². The highest BCUT2D eigenvalue weighted by molar-refractivity contribution is 5.76. The van der Waals surface area contributed by atoms with Gasteiger partial charge in [0.2, 0.25) is 5.91 Å². The molecule has 0 saturated heterocycles.